The van der Waals surface area contributed by atoms with Crippen LogP contribution in [0.3, 0.4) is 0 Å². The van der Waals surface area contributed by atoms with E-state index in [0.717, 1.165) is 52.8 Å². The van der Waals surface area contributed by atoms with E-state index in [1.807, 2.05) is 0 Å². The van der Waals surface area contributed by atoms with E-state index in [9.17, 15) is 35.5 Å². The van der Waals surface area contributed by atoms with E-state index in [1.165, 1.54) is 30.1 Å². The lowest BCUT2D eigenvalue weighted by atomic mass is 9.99. The van der Waals surface area contributed by atoms with Crippen LogP contribution in [0.1, 0.15) is 24.2 Å². The van der Waals surface area contributed by atoms with Gasteiger partial charge in [0.05, 0.1) is 34.5 Å². The first-order chi connectivity index (χ1) is 19.7. The highest BCUT2D eigenvalue weighted by molar-refractivity contribution is 7.92. The largest absolute Gasteiger partial charge is 0.488 e. The van der Waals surface area contributed by atoms with Crippen molar-refractivity contribution in [1.29, 1.82) is 0 Å². The molecular weight excluding hydrogens is 592 g/mol. The minimum absolute atomic E-state index is 0.00412. The van der Waals surface area contributed by atoms with Crippen LogP contribution in [-0.2, 0) is 20.0 Å². The third-order valence-corrected chi connectivity index (χ3v) is 10.2. The third-order valence-electron chi connectivity index (χ3n) is 7.00. The lowest BCUT2D eigenvalue weighted by Crippen LogP contribution is -2.50. The first kappa shape index (κ1) is 31.3. The molecule has 1 heterocycles. The van der Waals surface area contributed by atoms with Crippen molar-refractivity contribution in [2.75, 3.05) is 31.5 Å². The Morgan fingerprint density at radius 3 is 2.14 bits per heavy atom. The van der Waals surface area contributed by atoms with Gasteiger partial charge in [-0.25, -0.2) is 25.6 Å². The maximum atomic E-state index is 13.6. The van der Waals surface area contributed by atoms with Gasteiger partial charge in [-0.2, -0.15) is 4.31 Å². The Bertz CT molecular complexity index is 1650. The summed E-state index contributed by atoms with van der Waals surface area (Å²) in [6, 6.07) is 12.1. The highest BCUT2D eigenvalue weighted by atomic mass is 32.2. The number of ether oxygens (including phenoxy) is 1. The number of likely N-dealkylation sites (N-methyl/N-ethyl adjacent to an activating group) is 1. The molecule has 42 heavy (non-hydrogen) atoms. The predicted molar refractivity (Wildman–Crippen MR) is 151 cm³/mol. The van der Waals surface area contributed by atoms with E-state index in [0.29, 0.717) is 0 Å². The summed E-state index contributed by atoms with van der Waals surface area (Å²) in [7, 11) is -6.78. The van der Waals surface area contributed by atoms with Crippen LogP contribution in [0.15, 0.2) is 76.5 Å². The van der Waals surface area contributed by atoms with E-state index < -0.39 is 55.7 Å². The van der Waals surface area contributed by atoms with Crippen LogP contribution in [0.5, 0.6) is 5.75 Å². The molecule has 0 bridgehead atoms. The van der Waals surface area contributed by atoms with Crippen molar-refractivity contribution < 1.29 is 40.3 Å². The van der Waals surface area contributed by atoms with Gasteiger partial charge >= 0.3 is 0 Å². The molecule has 0 aliphatic carbocycles. The highest BCUT2D eigenvalue weighted by Crippen LogP contribution is 2.32. The van der Waals surface area contributed by atoms with Crippen LogP contribution in [0.25, 0.3) is 0 Å². The van der Waals surface area contributed by atoms with E-state index >= 15 is 0 Å². The second-order valence-corrected chi connectivity index (χ2v) is 13.9. The average Bonchev–Trinajstić information content (AvgIpc) is 2.95. The number of halogens is 2. The SMILES string of the molecule is C[C@@H]1CN([C@H](C)CO)C(=O)c2cc(NS(=O)(=O)c3ccc(F)cc3)ccc2O[C@H]1CN(C)S(=O)(=O)c1ccc(F)cc1. The van der Waals surface area contributed by atoms with Crippen molar-refractivity contribution >= 4 is 31.6 Å². The van der Waals surface area contributed by atoms with E-state index in [4.69, 9.17) is 4.74 Å². The van der Waals surface area contributed by atoms with Gasteiger partial charge in [-0.15, -0.1) is 0 Å². The third kappa shape index (κ3) is 6.72. The molecule has 2 N–H and O–H groups in total. The maximum Gasteiger partial charge on any atom is 0.261 e. The summed E-state index contributed by atoms with van der Waals surface area (Å²) in [4.78, 5) is 14.8. The van der Waals surface area contributed by atoms with Gasteiger partial charge in [0.15, 0.2) is 0 Å². The van der Waals surface area contributed by atoms with Gasteiger partial charge in [-0.1, -0.05) is 6.92 Å². The van der Waals surface area contributed by atoms with Gasteiger partial charge in [0.2, 0.25) is 10.0 Å². The number of hydrogen-bond acceptors (Lipinski definition) is 7. The molecule has 0 radical (unpaired) electrons. The topological polar surface area (TPSA) is 133 Å². The fourth-order valence-electron chi connectivity index (χ4n) is 4.47. The number of anilines is 1. The lowest BCUT2D eigenvalue weighted by molar-refractivity contribution is 0.0387. The Morgan fingerprint density at radius 1 is 1.00 bits per heavy atom. The van der Waals surface area contributed by atoms with Crippen molar-refractivity contribution in [2.45, 2.75) is 35.8 Å². The zero-order chi connectivity index (χ0) is 30.8. The molecule has 3 aromatic rings. The Balaban J connectivity index is 1.68. The van der Waals surface area contributed by atoms with Crippen molar-refractivity contribution in [3.8, 4) is 5.75 Å². The molecule has 1 aliphatic rings. The molecule has 4 rings (SSSR count). The molecule has 0 spiro atoms. The van der Waals surface area contributed by atoms with Crippen molar-refractivity contribution in [1.82, 2.24) is 9.21 Å². The Kier molecular flexibility index (Phi) is 9.21. The second kappa shape index (κ2) is 12.3. The highest BCUT2D eigenvalue weighted by Gasteiger charge is 2.35. The summed E-state index contributed by atoms with van der Waals surface area (Å²) in [5.41, 5.74) is 0.0309. The first-order valence-electron chi connectivity index (χ1n) is 13.0. The molecule has 3 aromatic carbocycles. The van der Waals surface area contributed by atoms with E-state index in [1.54, 1.807) is 13.8 Å². The molecule has 0 saturated carbocycles. The van der Waals surface area contributed by atoms with Gasteiger partial charge in [-0.05, 0) is 73.7 Å². The molecule has 0 unspecified atom stereocenters. The minimum Gasteiger partial charge on any atom is -0.488 e. The van der Waals surface area contributed by atoms with Crippen LogP contribution < -0.4 is 9.46 Å². The summed E-state index contributed by atoms with van der Waals surface area (Å²) in [6.45, 7) is 3.04. The molecule has 3 atom stereocenters. The van der Waals surface area contributed by atoms with Crippen LogP contribution in [-0.4, -0.2) is 75.9 Å². The lowest BCUT2D eigenvalue weighted by Gasteiger charge is -2.38. The fraction of sp³-hybridized carbons (Fsp3) is 0.321. The number of aliphatic hydroxyl groups is 1. The summed E-state index contributed by atoms with van der Waals surface area (Å²) in [5.74, 6) is -2.02. The molecule has 226 valence electrons. The number of carbonyl (C=O) groups is 1. The monoisotopic (exact) mass is 623 g/mol. The number of fused-ring (bicyclic) bond motifs is 1. The predicted octanol–water partition coefficient (Wildman–Crippen LogP) is 3.31. The standard InChI is InChI=1S/C28H31F2N3O7S2/c1-18-15-33(19(2)17-34)28(35)25-14-22(31-41(36,37)23-9-4-20(29)5-10-23)8-13-26(25)40-27(18)16-32(3)42(38,39)24-11-6-21(30)7-12-24/h4-14,18-19,27,31,34H,15-17H2,1-3H3/t18-,19-,27+/m1/s1. The van der Waals surface area contributed by atoms with E-state index in [-0.39, 0.29) is 46.5 Å². The average molecular weight is 624 g/mol. The quantitative estimate of drug-likeness (QED) is 0.374. The van der Waals surface area contributed by atoms with Crippen LogP contribution in [0.4, 0.5) is 14.5 Å². The Hall–Kier alpha value is -3.59. The molecular formula is C28H31F2N3O7S2. The smallest absolute Gasteiger partial charge is 0.261 e. The van der Waals surface area contributed by atoms with Crippen molar-refractivity contribution in [3.63, 3.8) is 0 Å². The number of aliphatic hydroxyl groups excluding tert-OH is 1. The van der Waals surface area contributed by atoms with Gasteiger partial charge in [0.25, 0.3) is 15.9 Å². The molecule has 1 aliphatic heterocycles. The summed E-state index contributed by atoms with van der Waals surface area (Å²) in [6.07, 6.45) is -0.771. The number of hydrogen-bond donors (Lipinski definition) is 2. The molecule has 14 heteroatoms. The Labute approximate surface area is 243 Å². The molecule has 0 saturated heterocycles. The van der Waals surface area contributed by atoms with Crippen LogP contribution in [0.2, 0.25) is 0 Å². The molecule has 10 nitrogen and oxygen atoms in total. The molecule has 0 aromatic heterocycles. The first-order valence-corrected chi connectivity index (χ1v) is 15.9. The molecule has 0 fully saturated rings. The summed E-state index contributed by atoms with van der Waals surface area (Å²) < 4.78 is 88.4. The van der Waals surface area contributed by atoms with Crippen LogP contribution in [0, 0.1) is 17.6 Å². The zero-order valence-electron chi connectivity index (χ0n) is 23.1. The van der Waals surface area contributed by atoms with Crippen molar-refractivity contribution in [3.05, 3.63) is 83.9 Å². The summed E-state index contributed by atoms with van der Waals surface area (Å²) >= 11 is 0. The Morgan fingerprint density at radius 2 is 1.57 bits per heavy atom. The second-order valence-electron chi connectivity index (χ2n) is 10.1. The maximum absolute atomic E-state index is 13.6. The zero-order valence-corrected chi connectivity index (χ0v) is 24.7. The number of carbonyl (C=O) groups excluding carboxylic acids is 1. The van der Waals surface area contributed by atoms with Gasteiger partial charge < -0.3 is 14.7 Å². The van der Waals surface area contributed by atoms with E-state index in [2.05, 4.69) is 4.72 Å². The van der Waals surface area contributed by atoms with Gasteiger partial charge in [0.1, 0.15) is 23.5 Å². The number of rotatable bonds is 9. The molecule has 1 amide bonds. The number of benzene rings is 3. The fourth-order valence-corrected chi connectivity index (χ4v) is 6.70. The van der Waals surface area contributed by atoms with Gasteiger partial charge in [0, 0.05) is 25.2 Å². The van der Waals surface area contributed by atoms with Gasteiger partial charge in [-0.3, -0.25) is 9.52 Å². The number of nitrogens with zero attached hydrogens (tertiary/aromatic N) is 2. The normalized spacial score (nSPS) is 18.5. The summed E-state index contributed by atoms with van der Waals surface area (Å²) in [5, 5.41) is 9.86. The van der Waals surface area contributed by atoms with Crippen LogP contribution >= 0.6 is 0 Å². The number of sulfonamides is 2. The van der Waals surface area contributed by atoms with Crippen molar-refractivity contribution in [2.24, 2.45) is 5.92 Å². The number of nitrogens with one attached hydrogen (secondary N) is 1. The minimum atomic E-state index is -4.13. The number of amides is 1.